The van der Waals surface area contributed by atoms with Gasteiger partial charge in [0.05, 0.1) is 26.0 Å². The summed E-state index contributed by atoms with van der Waals surface area (Å²) in [5.41, 5.74) is 0. The molecular weight excluding hydrogens is 182 g/mol. The minimum atomic E-state index is -0.256. The highest BCUT2D eigenvalue weighted by Crippen LogP contribution is 2.11. The molecule has 84 valence electrons. The maximum Gasteiger partial charge on any atom is 0.0966 e. The molecule has 0 bridgehead atoms. The Labute approximate surface area is 85.6 Å². The molecule has 0 aromatic carbocycles. The van der Waals surface area contributed by atoms with E-state index < -0.39 is 0 Å². The molecule has 1 saturated heterocycles. The summed E-state index contributed by atoms with van der Waals surface area (Å²) in [5, 5.41) is 12.3. The summed E-state index contributed by atoms with van der Waals surface area (Å²) in [7, 11) is 0. The van der Waals surface area contributed by atoms with E-state index in [1.165, 1.54) is 0 Å². The second-order valence-electron chi connectivity index (χ2n) is 3.76. The summed E-state index contributed by atoms with van der Waals surface area (Å²) < 4.78 is 10.6. The summed E-state index contributed by atoms with van der Waals surface area (Å²) in [4.78, 5) is 0. The van der Waals surface area contributed by atoms with Gasteiger partial charge in [0.15, 0.2) is 0 Å². The van der Waals surface area contributed by atoms with Crippen molar-refractivity contribution in [2.45, 2.75) is 25.9 Å². The highest BCUT2D eigenvalue weighted by atomic mass is 16.5. The first-order valence-electron chi connectivity index (χ1n) is 5.37. The number of rotatable bonds is 7. The number of hydrogen-bond donors (Lipinski definition) is 2. The fourth-order valence-corrected chi connectivity index (χ4v) is 1.38. The molecule has 14 heavy (non-hydrogen) atoms. The van der Waals surface area contributed by atoms with E-state index in [9.17, 15) is 5.11 Å². The fourth-order valence-electron chi connectivity index (χ4n) is 1.38. The van der Waals surface area contributed by atoms with Crippen LogP contribution in [0.25, 0.3) is 0 Å². The molecule has 4 heteroatoms. The molecule has 0 amide bonds. The summed E-state index contributed by atoms with van der Waals surface area (Å²) in [6, 6.07) is 0. The Morgan fingerprint density at radius 3 is 3.14 bits per heavy atom. The lowest BCUT2D eigenvalue weighted by atomic mass is 10.1. The van der Waals surface area contributed by atoms with Crippen LogP contribution in [0.2, 0.25) is 0 Å². The largest absolute Gasteiger partial charge is 0.392 e. The van der Waals surface area contributed by atoms with Crippen LogP contribution in [0, 0.1) is 5.92 Å². The summed E-state index contributed by atoms with van der Waals surface area (Å²) in [5.74, 6) is 0.563. The second-order valence-corrected chi connectivity index (χ2v) is 3.76. The van der Waals surface area contributed by atoms with Gasteiger partial charge in [-0.15, -0.1) is 0 Å². The van der Waals surface area contributed by atoms with Gasteiger partial charge < -0.3 is 14.6 Å². The minimum Gasteiger partial charge on any atom is -0.392 e. The van der Waals surface area contributed by atoms with Crippen molar-refractivity contribution in [2.75, 3.05) is 33.1 Å². The molecule has 1 rings (SSSR count). The Balaban J connectivity index is 1.84. The lowest BCUT2D eigenvalue weighted by Crippen LogP contribution is -2.29. The van der Waals surface area contributed by atoms with Crippen LogP contribution in [-0.2, 0) is 9.47 Å². The second kappa shape index (κ2) is 7.17. The molecule has 2 unspecified atom stereocenters. The molecular formula is C10H21NO3. The molecule has 2 N–H and O–H groups in total. The van der Waals surface area contributed by atoms with Crippen LogP contribution in [0.5, 0.6) is 0 Å². The van der Waals surface area contributed by atoms with Crippen molar-refractivity contribution >= 4 is 0 Å². The van der Waals surface area contributed by atoms with Gasteiger partial charge in [-0.3, -0.25) is 5.32 Å². The topological polar surface area (TPSA) is 50.7 Å². The average Bonchev–Trinajstić information content (AvgIpc) is 2.69. The molecule has 0 aromatic rings. The van der Waals surface area contributed by atoms with E-state index in [2.05, 4.69) is 5.32 Å². The summed E-state index contributed by atoms with van der Waals surface area (Å²) >= 11 is 0. The molecule has 0 aromatic heterocycles. The molecule has 4 nitrogen and oxygen atoms in total. The molecule has 1 heterocycles. The SMILES string of the molecule is CCC(O)CNCOCC1CCOC1. The summed E-state index contributed by atoms with van der Waals surface area (Å²) in [6.07, 6.45) is 1.63. The number of ether oxygens (including phenoxy) is 2. The van der Waals surface area contributed by atoms with Crippen LogP contribution >= 0.6 is 0 Å². The Kier molecular flexibility index (Phi) is 6.10. The zero-order valence-electron chi connectivity index (χ0n) is 8.87. The molecule has 0 spiro atoms. The van der Waals surface area contributed by atoms with Crippen LogP contribution < -0.4 is 5.32 Å². The highest BCUT2D eigenvalue weighted by Gasteiger charge is 2.15. The van der Waals surface area contributed by atoms with Gasteiger partial charge in [-0.05, 0) is 12.8 Å². The normalized spacial score (nSPS) is 24.0. The van der Waals surface area contributed by atoms with Gasteiger partial charge in [0, 0.05) is 19.1 Å². The zero-order chi connectivity index (χ0) is 10.2. The van der Waals surface area contributed by atoms with Crippen molar-refractivity contribution in [3.8, 4) is 0 Å². The van der Waals surface area contributed by atoms with E-state index in [0.717, 1.165) is 32.7 Å². The third-order valence-electron chi connectivity index (χ3n) is 2.43. The van der Waals surface area contributed by atoms with Gasteiger partial charge in [-0.1, -0.05) is 6.92 Å². The molecule has 1 aliphatic rings. The van der Waals surface area contributed by atoms with Gasteiger partial charge in [0.2, 0.25) is 0 Å². The number of hydrogen-bond acceptors (Lipinski definition) is 4. The van der Waals surface area contributed by atoms with Crippen molar-refractivity contribution in [1.29, 1.82) is 0 Å². The van der Waals surface area contributed by atoms with E-state index in [0.29, 0.717) is 19.2 Å². The van der Waals surface area contributed by atoms with Crippen LogP contribution in [0.15, 0.2) is 0 Å². The van der Waals surface area contributed by atoms with Gasteiger partial charge in [0.25, 0.3) is 0 Å². The van der Waals surface area contributed by atoms with Crippen molar-refractivity contribution in [3.63, 3.8) is 0 Å². The average molecular weight is 203 g/mol. The van der Waals surface area contributed by atoms with Gasteiger partial charge >= 0.3 is 0 Å². The van der Waals surface area contributed by atoms with Crippen LogP contribution in [0.3, 0.4) is 0 Å². The molecule has 0 aliphatic carbocycles. The Morgan fingerprint density at radius 1 is 1.64 bits per heavy atom. The Morgan fingerprint density at radius 2 is 2.50 bits per heavy atom. The zero-order valence-corrected chi connectivity index (χ0v) is 8.87. The number of aliphatic hydroxyl groups is 1. The van der Waals surface area contributed by atoms with Gasteiger partial charge in [-0.25, -0.2) is 0 Å². The molecule has 0 radical (unpaired) electrons. The van der Waals surface area contributed by atoms with Crippen molar-refractivity contribution in [3.05, 3.63) is 0 Å². The first-order chi connectivity index (χ1) is 6.83. The third kappa shape index (κ3) is 4.91. The smallest absolute Gasteiger partial charge is 0.0966 e. The first kappa shape index (κ1) is 11.9. The number of nitrogens with one attached hydrogen (secondary N) is 1. The molecule has 0 saturated carbocycles. The quantitative estimate of drug-likeness (QED) is 0.463. The predicted octanol–water partition coefficient (Wildman–Crippen LogP) is 0.357. The highest BCUT2D eigenvalue weighted by molar-refractivity contribution is 4.62. The third-order valence-corrected chi connectivity index (χ3v) is 2.43. The van der Waals surface area contributed by atoms with Crippen molar-refractivity contribution in [1.82, 2.24) is 5.32 Å². The van der Waals surface area contributed by atoms with Crippen molar-refractivity contribution in [2.24, 2.45) is 5.92 Å². The Hall–Kier alpha value is -0.160. The minimum absolute atomic E-state index is 0.256. The Bertz CT molecular complexity index is 137. The first-order valence-corrected chi connectivity index (χ1v) is 5.37. The molecule has 2 atom stereocenters. The van der Waals surface area contributed by atoms with E-state index >= 15 is 0 Å². The van der Waals surface area contributed by atoms with E-state index in [1.54, 1.807) is 0 Å². The molecule has 1 fully saturated rings. The predicted molar refractivity (Wildman–Crippen MR) is 54.0 cm³/mol. The number of aliphatic hydroxyl groups excluding tert-OH is 1. The van der Waals surface area contributed by atoms with Crippen LogP contribution in [-0.4, -0.2) is 44.3 Å². The standard InChI is InChI=1S/C10H21NO3/c1-2-10(12)5-11-8-14-7-9-3-4-13-6-9/h9-12H,2-8H2,1H3. The summed E-state index contributed by atoms with van der Waals surface area (Å²) in [6.45, 7) is 5.55. The van der Waals surface area contributed by atoms with Gasteiger partial charge in [-0.2, -0.15) is 0 Å². The maximum atomic E-state index is 9.23. The lowest BCUT2D eigenvalue weighted by molar-refractivity contribution is 0.0674. The van der Waals surface area contributed by atoms with E-state index in [4.69, 9.17) is 9.47 Å². The van der Waals surface area contributed by atoms with E-state index in [-0.39, 0.29) is 6.10 Å². The lowest BCUT2D eigenvalue weighted by Gasteiger charge is -2.11. The monoisotopic (exact) mass is 203 g/mol. The fraction of sp³-hybridized carbons (Fsp3) is 1.00. The van der Waals surface area contributed by atoms with Crippen molar-refractivity contribution < 1.29 is 14.6 Å². The van der Waals surface area contributed by atoms with Crippen LogP contribution in [0.1, 0.15) is 19.8 Å². The maximum absolute atomic E-state index is 9.23. The van der Waals surface area contributed by atoms with Crippen LogP contribution in [0.4, 0.5) is 0 Å². The van der Waals surface area contributed by atoms with Gasteiger partial charge in [0.1, 0.15) is 0 Å². The van der Waals surface area contributed by atoms with E-state index in [1.807, 2.05) is 6.92 Å². The molecule has 1 aliphatic heterocycles.